The molecule has 0 aliphatic heterocycles. The summed E-state index contributed by atoms with van der Waals surface area (Å²) in [5, 5.41) is 13.4. The van der Waals surface area contributed by atoms with Crippen LogP contribution in [0.15, 0.2) is 24.3 Å². The molecule has 0 unspecified atom stereocenters. The second-order valence-corrected chi connectivity index (χ2v) is 6.11. The van der Waals surface area contributed by atoms with E-state index in [4.69, 9.17) is 5.73 Å². The largest absolute Gasteiger partial charge is 0.399 e. The van der Waals surface area contributed by atoms with Crippen molar-refractivity contribution in [2.45, 2.75) is 57.0 Å². The van der Waals surface area contributed by atoms with Gasteiger partial charge in [-0.25, -0.2) is 0 Å². The number of rotatable bonds is 5. The highest BCUT2D eigenvalue weighted by molar-refractivity contribution is 5.76. The predicted octanol–water partition coefficient (Wildman–Crippen LogP) is 2.40. The first-order valence-corrected chi connectivity index (χ1v) is 7.92. The van der Waals surface area contributed by atoms with E-state index in [1.54, 1.807) is 0 Å². The number of carbonyl (C=O) groups excluding carboxylic acids is 1. The highest BCUT2D eigenvalue weighted by Crippen LogP contribution is 2.26. The Labute approximate surface area is 126 Å². The van der Waals surface area contributed by atoms with Crippen molar-refractivity contribution in [3.05, 3.63) is 29.8 Å². The van der Waals surface area contributed by atoms with Gasteiger partial charge in [0.25, 0.3) is 0 Å². The van der Waals surface area contributed by atoms with Gasteiger partial charge in [0.05, 0.1) is 5.60 Å². The minimum atomic E-state index is -0.710. The Morgan fingerprint density at radius 2 is 1.86 bits per heavy atom. The first-order valence-electron chi connectivity index (χ1n) is 7.92. The number of hydrogen-bond acceptors (Lipinski definition) is 3. The van der Waals surface area contributed by atoms with Crippen molar-refractivity contribution >= 4 is 11.6 Å². The number of hydrogen-bond donors (Lipinski definition) is 3. The molecule has 1 saturated carbocycles. The third-order valence-electron chi connectivity index (χ3n) is 4.33. The molecular formula is C17H26N2O2. The van der Waals surface area contributed by atoms with Crippen molar-refractivity contribution in [2.75, 3.05) is 12.3 Å². The summed E-state index contributed by atoms with van der Waals surface area (Å²) in [7, 11) is 0. The van der Waals surface area contributed by atoms with Gasteiger partial charge in [-0.05, 0) is 30.9 Å². The number of aliphatic hydroxyl groups is 1. The van der Waals surface area contributed by atoms with Crippen LogP contribution in [0.5, 0.6) is 0 Å². The maximum atomic E-state index is 11.9. The number of aryl methyl sites for hydroxylation is 1. The number of amides is 1. The molecule has 1 aromatic carbocycles. The van der Waals surface area contributed by atoms with Crippen LogP contribution in [0.4, 0.5) is 5.69 Å². The zero-order valence-corrected chi connectivity index (χ0v) is 12.6. The van der Waals surface area contributed by atoms with Crippen LogP contribution < -0.4 is 11.1 Å². The Morgan fingerprint density at radius 1 is 1.19 bits per heavy atom. The van der Waals surface area contributed by atoms with E-state index in [1.807, 2.05) is 24.3 Å². The molecule has 1 amide bonds. The van der Waals surface area contributed by atoms with Crippen molar-refractivity contribution in [3.63, 3.8) is 0 Å². The van der Waals surface area contributed by atoms with Gasteiger partial charge in [0, 0.05) is 18.7 Å². The molecule has 4 nitrogen and oxygen atoms in total. The number of nitrogens with two attached hydrogens (primary N) is 1. The van der Waals surface area contributed by atoms with Crippen LogP contribution in [-0.2, 0) is 11.2 Å². The first kappa shape index (κ1) is 15.8. The van der Waals surface area contributed by atoms with E-state index < -0.39 is 5.60 Å². The highest BCUT2D eigenvalue weighted by Gasteiger charge is 2.28. The molecule has 0 saturated heterocycles. The van der Waals surface area contributed by atoms with Gasteiger partial charge < -0.3 is 16.2 Å². The summed E-state index contributed by atoms with van der Waals surface area (Å²) in [6, 6.07) is 7.61. The Morgan fingerprint density at radius 3 is 2.52 bits per heavy atom. The third-order valence-corrected chi connectivity index (χ3v) is 4.33. The van der Waals surface area contributed by atoms with E-state index in [2.05, 4.69) is 5.32 Å². The standard InChI is InChI=1S/C17H26N2O2/c18-15-8-4-3-7-14(15)9-10-16(20)19-13-17(21)11-5-1-2-6-12-17/h3-4,7-8,21H,1-2,5-6,9-13,18H2,(H,19,20). The quantitative estimate of drug-likeness (QED) is 0.576. The number of nitrogens with one attached hydrogen (secondary N) is 1. The van der Waals surface area contributed by atoms with Crippen LogP contribution in [0.3, 0.4) is 0 Å². The summed E-state index contributed by atoms with van der Waals surface area (Å²) in [6.45, 7) is 0.371. The zero-order chi connectivity index (χ0) is 15.1. The molecule has 4 heteroatoms. The SMILES string of the molecule is Nc1ccccc1CCC(=O)NCC1(O)CCCCCC1. The lowest BCUT2D eigenvalue weighted by atomic mass is 9.94. The highest BCUT2D eigenvalue weighted by atomic mass is 16.3. The molecule has 1 aliphatic rings. The molecule has 116 valence electrons. The molecule has 1 fully saturated rings. The minimum Gasteiger partial charge on any atom is -0.399 e. The average Bonchev–Trinajstić information content (AvgIpc) is 2.70. The molecule has 0 aromatic heterocycles. The molecule has 0 radical (unpaired) electrons. The van der Waals surface area contributed by atoms with Gasteiger partial charge in [0.15, 0.2) is 0 Å². The maximum absolute atomic E-state index is 11.9. The lowest BCUT2D eigenvalue weighted by Crippen LogP contribution is -2.42. The summed E-state index contributed by atoms with van der Waals surface area (Å²) >= 11 is 0. The summed E-state index contributed by atoms with van der Waals surface area (Å²) in [5.74, 6) is -0.0177. The average molecular weight is 290 g/mol. The van der Waals surface area contributed by atoms with Crippen molar-refractivity contribution in [2.24, 2.45) is 0 Å². The van der Waals surface area contributed by atoms with Gasteiger partial charge in [-0.2, -0.15) is 0 Å². The van der Waals surface area contributed by atoms with Crippen LogP contribution in [0, 0.1) is 0 Å². The smallest absolute Gasteiger partial charge is 0.220 e. The van der Waals surface area contributed by atoms with Crippen LogP contribution in [0.1, 0.15) is 50.5 Å². The lowest BCUT2D eigenvalue weighted by molar-refractivity contribution is -0.122. The van der Waals surface area contributed by atoms with E-state index in [0.717, 1.165) is 36.9 Å². The Hall–Kier alpha value is -1.55. The first-order chi connectivity index (χ1) is 10.1. The molecule has 0 bridgehead atoms. The van der Waals surface area contributed by atoms with Gasteiger partial charge in [0.1, 0.15) is 0 Å². The molecule has 4 N–H and O–H groups in total. The van der Waals surface area contributed by atoms with Crippen LogP contribution in [0.2, 0.25) is 0 Å². The van der Waals surface area contributed by atoms with Gasteiger partial charge in [-0.1, -0.05) is 43.9 Å². The number of benzene rings is 1. The van der Waals surface area contributed by atoms with Crippen LogP contribution in [0.25, 0.3) is 0 Å². The van der Waals surface area contributed by atoms with Gasteiger partial charge in [-0.3, -0.25) is 4.79 Å². The molecule has 1 aliphatic carbocycles. The van der Waals surface area contributed by atoms with Crippen molar-refractivity contribution in [1.82, 2.24) is 5.32 Å². The van der Waals surface area contributed by atoms with Gasteiger partial charge in [-0.15, -0.1) is 0 Å². The van der Waals surface area contributed by atoms with E-state index in [9.17, 15) is 9.90 Å². The van der Waals surface area contributed by atoms with E-state index in [-0.39, 0.29) is 5.91 Å². The van der Waals surface area contributed by atoms with Crippen LogP contribution in [-0.4, -0.2) is 23.2 Å². The van der Waals surface area contributed by atoms with Crippen molar-refractivity contribution < 1.29 is 9.90 Å². The molecule has 21 heavy (non-hydrogen) atoms. The van der Waals surface area contributed by atoms with Crippen molar-refractivity contribution in [3.8, 4) is 0 Å². The lowest BCUT2D eigenvalue weighted by Gasteiger charge is -2.26. The zero-order valence-electron chi connectivity index (χ0n) is 12.6. The Bertz CT molecular complexity index is 466. The predicted molar refractivity (Wildman–Crippen MR) is 84.8 cm³/mol. The summed E-state index contributed by atoms with van der Waals surface area (Å²) < 4.78 is 0. The number of nitrogen functional groups attached to an aromatic ring is 1. The van der Waals surface area contributed by atoms with E-state index in [1.165, 1.54) is 12.8 Å². The van der Waals surface area contributed by atoms with E-state index in [0.29, 0.717) is 19.4 Å². The summed E-state index contributed by atoms with van der Waals surface area (Å²) in [6.07, 6.45) is 7.09. The molecular weight excluding hydrogens is 264 g/mol. The fourth-order valence-electron chi connectivity index (χ4n) is 2.93. The van der Waals surface area contributed by atoms with Gasteiger partial charge >= 0.3 is 0 Å². The molecule has 0 atom stereocenters. The minimum absolute atomic E-state index is 0.0177. The van der Waals surface area contributed by atoms with Crippen molar-refractivity contribution in [1.29, 1.82) is 0 Å². The second-order valence-electron chi connectivity index (χ2n) is 6.11. The number of carbonyl (C=O) groups is 1. The number of anilines is 1. The Kier molecular flexibility index (Phi) is 5.62. The monoisotopic (exact) mass is 290 g/mol. The second kappa shape index (κ2) is 7.46. The molecule has 0 spiro atoms. The summed E-state index contributed by atoms with van der Waals surface area (Å²) in [5.41, 5.74) is 6.88. The normalized spacial score (nSPS) is 18.0. The van der Waals surface area contributed by atoms with E-state index >= 15 is 0 Å². The molecule has 1 aromatic rings. The third kappa shape index (κ3) is 5.05. The topological polar surface area (TPSA) is 75.4 Å². The van der Waals surface area contributed by atoms with Crippen LogP contribution >= 0.6 is 0 Å². The fourth-order valence-corrected chi connectivity index (χ4v) is 2.93. The molecule has 0 heterocycles. The summed E-state index contributed by atoms with van der Waals surface area (Å²) in [4.78, 5) is 11.9. The Balaban J connectivity index is 1.75. The maximum Gasteiger partial charge on any atom is 0.220 e. The molecule has 2 rings (SSSR count). The van der Waals surface area contributed by atoms with Gasteiger partial charge in [0.2, 0.25) is 5.91 Å². The number of para-hydroxylation sites is 1. The fraction of sp³-hybridized carbons (Fsp3) is 0.588.